The van der Waals surface area contributed by atoms with Crippen molar-refractivity contribution in [3.05, 3.63) is 53.9 Å². The first kappa shape index (κ1) is 23.7. The third-order valence-corrected chi connectivity index (χ3v) is 5.83. The Morgan fingerprint density at radius 3 is 2.76 bits per heavy atom. The number of carbonyl (C=O) groups is 1. The molecule has 0 aliphatic heterocycles. The summed E-state index contributed by atoms with van der Waals surface area (Å²) in [6.07, 6.45) is 6.25. The fourth-order valence-corrected chi connectivity index (χ4v) is 4.22. The summed E-state index contributed by atoms with van der Waals surface area (Å²) in [7, 11) is 0. The highest BCUT2D eigenvalue weighted by Gasteiger charge is 2.20. The predicted octanol–water partition coefficient (Wildman–Crippen LogP) is 4.25. The molecule has 1 atom stereocenters. The van der Waals surface area contributed by atoms with Gasteiger partial charge in [0, 0.05) is 62.0 Å². The van der Waals surface area contributed by atoms with Crippen molar-refractivity contribution < 1.29 is 14.3 Å². The summed E-state index contributed by atoms with van der Waals surface area (Å²) in [4.78, 5) is 19.6. The Morgan fingerprint density at radius 1 is 1.26 bits per heavy atom. The molecule has 0 bridgehead atoms. The number of imidazole rings is 1. The summed E-state index contributed by atoms with van der Waals surface area (Å²) in [5.41, 5.74) is 3.24. The van der Waals surface area contributed by atoms with Crippen molar-refractivity contribution in [3.63, 3.8) is 0 Å². The van der Waals surface area contributed by atoms with Crippen LogP contribution >= 0.6 is 0 Å². The van der Waals surface area contributed by atoms with Crippen molar-refractivity contribution in [2.45, 2.75) is 40.7 Å². The van der Waals surface area contributed by atoms with Crippen LogP contribution in [0.3, 0.4) is 0 Å². The highest BCUT2D eigenvalue weighted by atomic mass is 19.1. The number of pyridine rings is 1. The maximum absolute atomic E-state index is 14.5. The first-order chi connectivity index (χ1) is 16.3. The molecule has 0 fully saturated rings. The third-order valence-electron chi connectivity index (χ3n) is 5.83. The molecule has 3 aromatic heterocycles. The molecule has 1 amide bonds. The van der Waals surface area contributed by atoms with Crippen LogP contribution in [0.4, 0.5) is 15.8 Å². The van der Waals surface area contributed by atoms with Gasteiger partial charge in [0.05, 0.1) is 16.9 Å². The first-order valence-electron chi connectivity index (χ1n) is 11.7. The molecule has 0 saturated carbocycles. The molecule has 0 spiro atoms. The van der Waals surface area contributed by atoms with Crippen LogP contribution in [0.15, 0.2) is 36.8 Å². The predicted molar refractivity (Wildman–Crippen MR) is 132 cm³/mol. The molecule has 0 aliphatic rings. The van der Waals surface area contributed by atoms with Crippen LogP contribution in [0, 0.1) is 18.7 Å². The largest absolute Gasteiger partial charge is 0.396 e. The number of anilines is 2. The van der Waals surface area contributed by atoms with Crippen molar-refractivity contribution in [1.82, 2.24) is 19.2 Å². The number of aliphatic hydroxyl groups is 1. The molecule has 0 aliphatic carbocycles. The lowest BCUT2D eigenvalue weighted by Gasteiger charge is -2.27. The van der Waals surface area contributed by atoms with Crippen molar-refractivity contribution in [3.8, 4) is 0 Å². The summed E-state index contributed by atoms with van der Waals surface area (Å²) >= 11 is 0. The van der Waals surface area contributed by atoms with E-state index in [2.05, 4.69) is 27.2 Å². The van der Waals surface area contributed by atoms with Gasteiger partial charge in [0.2, 0.25) is 0 Å². The molecule has 4 aromatic rings. The lowest BCUT2D eigenvalue weighted by Crippen LogP contribution is -2.30. The van der Waals surface area contributed by atoms with Gasteiger partial charge in [0.15, 0.2) is 11.5 Å². The standard InChI is InChI=1S/C25H31FN6O2/c1-5-9-30(11-16(3)15-33)22-8-7-19(23-20(22)14-32(6-2)29-23)25(34)28-18-10-21(26)24-27-17(4)12-31(24)13-18/h7-8,10,12-14,16,33H,5-6,9,11,15H2,1-4H3,(H,28,34)/t16-/m0/s1. The quantitative estimate of drug-likeness (QED) is 0.385. The van der Waals surface area contributed by atoms with Crippen LogP contribution in [0.2, 0.25) is 0 Å². The number of halogens is 1. The first-order valence-corrected chi connectivity index (χ1v) is 11.7. The molecule has 4 rings (SSSR count). The Morgan fingerprint density at radius 2 is 2.06 bits per heavy atom. The van der Waals surface area contributed by atoms with E-state index in [9.17, 15) is 14.3 Å². The minimum atomic E-state index is -0.505. The Balaban J connectivity index is 1.72. The molecular formula is C25H31FN6O2. The number of rotatable bonds is 9. The molecule has 2 N–H and O–H groups in total. The Kier molecular flexibility index (Phi) is 6.83. The zero-order valence-electron chi connectivity index (χ0n) is 20.0. The molecule has 3 heterocycles. The van der Waals surface area contributed by atoms with Crippen molar-refractivity contribution in [2.75, 3.05) is 29.9 Å². The van der Waals surface area contributed by atoms with E-state index >= 15 is 0 Å². The lowest BCUT2D eigenvalue weighted by molar-refractivity contribution is 0.102. The maximum atomic E-state index is 14.5. The highest BCUT2D eigenvalue weighted by molar-refractivity contribution is 6.13. The Labute approximate surface area is 198 Å². The molecular weight excluding hydrogens is 435 g/mol. The van der Waals surface area contributed by atoms with E-state index in [0.29, 0.717) is 35.6 Å². The van der Waals surface area contributed by atoms with Crippen molar-refractivity contribution in [1.29, 1.82) is 0 Å². The maximum Gasteiger partial charge on any atom is 0.257 e. The van der Waals surface area contributed by atoms with Gasteiger partial charge in [-0.05, 0) is 38.3 Å². The average molecular weight is 467 g/mol. The number of carbonyl (C=O) groups excluding carboxylic acids is 1. The Bertz CT molecular complexity index is 1330. The summed E-state index contributed by atoms with van der Waals surface area (Å²) in [6.45, 7) is 10.2. The minimum Gasteiger partial charge on any atom is -0.396 e. The number of fused-ring (bicyclic) bond motifs is 2. The van der Waals surface area contributed by atoms with E-state index < -0.39 is 5.82 Å². The fraction of sp³-hybridized carbons (Fsp3) is 0.400. The Hall–Kier alpha value is -3.46. The van der Waals surface area contributed by atoms with Crippen LogP contribution < -0.4 is 10.2 Å². The summed E-state index contributed by atoms with van der Waals surface area (Å²) in [6, 6.07) is 4.97. The molecule has 34 heavy (non-hydrogen) atoms. The van der Waals surface area contributed by atoms with Gasteiger partial charge in [-0.3, -0.25) is 9.48 Å². The summed E-state index contributed by atoms with van der Waals surface area (Å²) in [5.74, 6) is -0.753. The monoisotopic (exact) mass is 466 g/mol. The zero-order valence-corrected chi connectivity index (χ0v) is 20.0. The number of hydrogen-bond acceptors (Lipinski definition) is 5. The van der Waals surface area contributed by atoms with Crippen LogP contribution in [-0.4, -0.2) is 49.9 Å². The minimum absolute atomic E-state index is 0.107. The number of hydrogen-bond donors (Lipinski definition) is 2. The third kappa shape index (κ3) is 4.61. The number of aromatic nitrogens is 4. The van der Waals surface area contributed by atoms with Gasteiger partial charge in [-0.1, -0.05) is 13.8 Å². The van der Waals surface area contributed by atoms with Crippen LogP contribution in [-0.2, 0) is 6.54 Å². The van der Waals surface area contributed by atoms with E-state index in [1.165, 1.54) is 6.07 Å². The number of nitrogens with one attached hydrogen (secondary N) is 1. The number of benzene rings is 1. The highest BCUT2D eigenvalue weighted by Crippen LogP contribution is 2.30. The zero-order chi connectivity index (χ0) is 24.4. The van der Waals surface area contributed by atoms with Gasteiger partial charge in [-0.2, -0.15) is 5.10 Å². The van der Waals surface area contributed by atoms with Crippen LogP contribution in [0.1, 0.15) is 43.2 Å². The number of aryl methyl sites for hydroxylation is 2. The fourth-order valence-electron chi connectivity index (χ4n) is 4.22. The molecule has 9 heteroatoms. The van der Waals surface area contributed by atoms with Crippen LogP contribution in [0.25, 0.3) is 16.6 Å². The molecule has 1 aromatic carbocycles. The van der Waals surface area contributed by atoms with E-state index in [-0.39, 0.29) is 24.1 Å². The SMILES string of the molecule is CCCN(C[C@H](C)CO)c1ccc(C(=O)Nc2cc(F)c3nc(C)cn3c2)c2nn(CC)cc12. The smallest absolute Gasteiger partial charge is 0.257 e. The summed E-state index contributed by atoms with van der Waals surface area (Å²) < 4.78 is 17.9. The second kappa shape index (κ2) is 9.80. The average Bonchev–Trinajstić information content (AvgIpc) is 3.41. The lowest BCUT2D eigenvalue weighted by atomic mass is 10.1. The number of nitrogens with zero attached hydrogens (tertiary/aromatic N) is 5. The van der Waals surface area contributed by atoms with E-state index in [0.717, 1.165) is 24.0 Å². The summed E-state index contributed by atoms with van der Waals surface area (Å²) in [5, 5.41) is 17.9. The van der Waals surface area contributed by atoms with Gasteiger partial charge in [0.25, 0.3) is 5.91 Å². The molecule has 0 unspecified atom stereocenters. The van der Waals surface area contributed by atoms with Gasteiger partial charge >= 0.3 is 0 Å². The molecule has 180 valence electrons. The van der Waals surface area contributed by atoms with E-state index in [1.807, 2.05) is 30.8 Å². The normalized spacial score (nSPS) is 12.4. The number of amides is 1. The van der Waals surface area contributed by atoms with Gasteiger partial charge in [-0.15, -0.1) is 0 Å². The van der Waals surface area contributed by atoms with Gasteiger partial charge < -0.3 is 19.7 Å². The van der Waals surface area contributed by atoms with Crippen molar-refractivity contribution >= 4 is 33.8 Å². The number of aliphatic hydroxyl groups excluding tert-OH is 1. The topological polar surface area (TPSA) is 87.7 Å². The molecule has 8 nitrogen and oxygen atoms in total. The van der Waals surface area contributed by atoms with Crippen molar-refractivity contribution in [2.24, 2.45) is 5.92 Å². The van der Waals surface area contributed by atoms with Gasteiger partial charge in [0.1, 0.15) is 5.52 Å². The second-order valence-corrected chi connectivity index (χ2v) is 8.76. The second-order valence-electron chi connectivity index (χ2n) is 8.76. The van der Waals surface area contributed by atoms with Crippen LogP contribution in [0.5, 0.6) is 0 Å². The molecule has 0 saturated heterocycles. The van der Waals surface area contributed by atoms with E-state index in [4.69, 9.17) is 0 Å². The van der Waals surface area contributed by atoms with Gasteiger partial charge in [-0.25, -0.2) is 9.37 Å². The molecule has 0 radical (unpaired) electrons. The van der Waals surface area contributed by atoms with E-state index in [1.54, 1.807) is 29.8 Å².